The molecule has 0 spiro atoms. The third-order valence-electron chi connectivity index (χ3n) is 1.91. The van der Waals surface area contributed by atoms with Gasteiger partial charge in [0.1, 0.15) is 6.54 Å². The Morgan fingerprint density at radius 1 is 0.895 bits per heavy atom. The molecule has 0 heterocycles. The summed E-state index contributed by atoms with van der Waals surface area (Å²) in [5, 5.41) is 0. The van der Waals surface area contributed by atoms with Gasteiger partial charge in [-0.25, -0.2) is 0 Å². The van der Waals surface area contributed by atoms with Crippen molar-refractivity contribution in [1.82, 2.24) is 0 Å². The third-order valence-corrected chi connectivity index (χ3v) is 1.91. The van der Waals surface area contributed by atoms with Crippen LogP contribution in [0.2, 0.25) is 0 Å². The Morgan fingerprint density at radius 2 is 1.26 bits per heavy atom. The molecular weight excluding hydrogens is 291 g/mol. The van der Waals surface area contributed by atoms with Crippen molar-refractivity contribution in [2.75, 3.05) is 21.1 Å². The average Bonchev–Trinajstić information content (AvgIpc) is 2.00. The molecular formula is C11H18F6NP. The quantitative estimate of drug-likeness (QED) is 0.380. The van der Waals surface area contributed by atoms with Crippen molar-refractivity contribution >= 4 is 7.81 Å². The fraction of sp³-hybridized carbons (Fsp3) is 0.455. The van der Waals surface area contributed by atoms with Crippen LogP contribution in [0.3, 0.4) is 0 Å². The molecule has 0 saturated heterocycles. The van der Waals surface area contributed by atoms with Gasteiger partial charge in [0.05, 0.1) is 21.1 Å². The van der Waals surface area contributed by atoms with Gasteiger partial charge in [-0.2, -0.15) is 0 Å². The van der Waals surface area contributed by atoms with Crippen LogP contribution >= 0.6 is 7.81 Å². The van der Waals surface area contributed by atoms with Crippen LogP contribution in [0.5, 0.6) is 0 Å². The van der Waals surface area contributed by atoms with Gasteiger partial charge in [0.15, 0.2) is 0 Å². The molecule has 0 unspecified atom stereocenters. The van der Waals surface area contributed by atoms with Crippen LogP contribution in [-0.2, 0) is 6.54 Å². The van der Waals surface area contributed by atoms with E-state index in [2.05, 4.69) is 52.3 Å². The first kappa shape index (κ1) is 18.2. The van der Waals surface area contributed by atoms with E-state index in [9.17, 15) is 25.2 Å². The summed E-state index contributed by atoms with van der Waals surface area (Å²) in [5.74, 6) is 0. The van der Waals surface area contributed by atoms with E-state index in [0.29, 0.717) is 0 Å². The molecule has 19 heavy (non-hydrogen) atoms. The first-order chi connectivity index (χ1) is 7.94. The Morgan fingerprint density at radius 3 is 1.58 bits per heavy atom. The maximum atomic E-state index is 9.87. The van der Waals surface area contributed by atoms with Gasteiger partial charge in [0, 0.05) is 5.56 Å². The number of halogens is 6. The molecule has 0 aliphatic carbocycles. The second-order valence-corrected chi connectivity index (χ2v) is 7.25. The Hall–Kier alpha value is -0.810. The second kappa shape index (κ2) is 4.63. The van der Waals surface area contributed by atoms with Gasteiger partial charge in [0.25, 0.3) is 0 Å². The summed E-state index contributed by atoms with van der Waals surface area (Å²) in [6.07, 6.45) is 0. The predicted octanol–water partition coefficient (Wildman–Crippen LogP) is 5.58. The molecule has 0 aromatic heterocycles. The van der Waals surface area contributed by atoms with Crippen molar-refractivity contribution in [3.05, 3.63) is 35.4 Å². The van der Waals surface area contributed by atoms with Gasteiger partial charge in [-0.15, -0.1) is 0 Å². The van der Waals surface area contributed by atoms with Crippen LogP contribution in [0, 0.1) is 6.92 Å². The topological polar surface area (TPSA) is 0 Å². The number of quaternary nitrogens is 1. The minimum atomic E-state index is -10.7. The molecule has 1 aromatic rings. The third kappa shape index (κ3) is 17.2. The van der Waals surface area contributed by atoms with E-state index in [1.54, 1.807) is 0 Å². The van der Waals surface area contributed by atoms with Crippen molar-refractivity contribution < 1.29 is 29.7 Å². The second-order valence-electron chi connectivity index (χ2n) is 5.33. The molecule has 0 fully saturated rings. The van der Waals surface area contributed by atoms with E-state index in [1.807, 2.05) is 0 Å². The Kier molecular flexibility index (Phi) is 4.43. The molecule has 0 saturated carbocycles. The van der Waals surface area contributed by atoms with E-state index >= 15 is 0 Å². The molecule has 1 aromatic carbocycles. The van der Waals surface area contributed by atoms with Crippen LogP contribution in [-0.4, -0.2) is 25.6 Å². The molecule has 114 valence electrons. The maximum absolute atomic E-state index is 10.7. The summed E-state index contributed by atoms with van der Waals surface area (Å²) in [7, 11) is -4.01. The van der Waals surface area contributed by atoms with Gasteiger partial charge in [-0.1, -0.05) is 24.3 Å². The molecule has 0 radical (unpaired) electrons. The summed E-state index contributed by atoms with van der Waals surface area (Å²) in [4.78, 5) is 0. The molecule has 0 bridgehead atoms. The Labute approximate surface area is 108 Å². The zero-order chi connectivity index (χ0) is 15.6. The van der Waals surface area contributed by atoms with E-state index in [4.69, 9.17) is 0 Å². The summed E-state index contributed by atoms with van der Waals surface area (Å²) < 4.78 is 60.2. The van der Waals surface area contributed by atoms with Gasteiger partial charge in [0.2, 0.25) is 0 Å². The number of aryl methyl sites for hydroxylation is 1. The predicted molar refractivity (Wildman–Crippen MR) is 66.5 cm³/mol. The summed E-state index contributed by atoms with van der Waals surface area (Å²) >= 11 is 0. The van der Waals surface area contributed by atoms with Crippen molar-refractivity contribution in [3.8, 4) is 0 Å². The fourth-order valence-electron chi connectivity index (χ4n) is 1.30. The van der Waals surface area contributed by atoms with Crippen LogP contribution in [0.4, 0.5) is 25.2 Å². The van der Waals surface area contributed by atoms with Crippen molar-refractivity contribution in [2.45, 2.75) is 13.5 Å². The van der Waals surface area contributed by atoms with Crippen LogP contribution < -0.4 is 0 Å². The molecule has 1 nitrogen and oxygen atoms in total. The summed E-state index contributed by atoms with van der Waals surface area (Å²) in [6, 6.07) is 8.58. The molecule has 0 atom stereocenters. The minimum absolute atomic E-state index is 0.991. The Balaban J connectivity index is 0.000000399. The van der Waals surface area contributed by atoms with E-state index in [0.717, 1.165) is 11.0 Å². The van der Waals surface area contributed by atoms with E-state index in [1.165, 1.54) is 11.1 Å². The first-order valence-electron chi connectivity index (χ1n) is 5.35. The summed E-state index contributed by atoms with van der Waals surface area (Å²) in [5.41, 5.74) is 2.84. The zero-order valence-corrected chi connectivity index (χ0v) is 12.1. The standard InChI is InChI=1S/C11H18N.F6P/c1-10-7-5-6-8-11(10)9-12(2,3)4;1-7(2,3,4,5)6/h5-8H,9H2,1-4H3;/q+1;-1. The molecule has 1 rings (SSSR count). The first-order valence-corrected chi connectivity index (χ1v) is 7.38. The van der Waals surface area contributed by atoms with Gasteiger partial charge in [-0.3, -0.25) is 0 Å². The van der Waals surface area contributed by atoms with Crippen molar-refractivity contribution in [3.63, 3.8) is 0 Å². The number of benzene rings is 1. The zero-order valence-electron chi connectivity index (χ0n) is 11.2. The normalized spacial score (nSPS) is 15.9. The van der Waals surface area contributed by atoms with E-state index < -0.39 is 7.81 Å². The molecule has 0 aliphatic rings. The number of hydrogen-bond donors (Lipinski definition) is 0. The fourth-order valence-corrected chi connectivity index (χ4v) is 1.30. The molecule has 0 aliphatic heterocycles. The number of hydrogen-bond acceptors (Lipinski definition) is 0. The molecule has 0 amide bonds. The van der Waals surface area contributed by atoms with Gasteiger partial charge < -0.3 is 4.48 Å². The van der Waals surface area contributed by atoms with Crippen molar-refractivity contribution in [1.29, 1.82) is 0 Å². The molecule has 8 heteroatoms. The van der Waals surface area contributed by atoms with Crippen LogP contribution in [0.15, 0.2) is 24.3 Å². The Bertz CT molecular complexity index is 420. The summed E-state index contributed by atoms with van der Waals surface area (Å²) in [6.45, 7) is 3.28. The number of rotatable bonds is 2. The van der Waals surface area contributed by atoms with Crippen LogP contribution in [0.25, 0.3) is 0 Å². The van der Waals surface area contributed by atoms with Gasteiger partial charge in [-0.05, 0) is 12.5 Å². The SMILES string of the molecule is Cc1ccccc1C[N+](C)(C)C.F[P-](F)(F)(F)(F)F. The number of nitrogens with zero attached hydrogens (tertiary/aromatic N) is 1. The van der Waals surface area contributed by atoms with E-state index in [-0.39, 0.29) is 0 Å². The monoisotopic (exact) mass is 309 g/mol. The van der Waals surface area contributed by atoms with Gasteiger partial charge >= 0.3 is 33.0 Å². The van der Waals surface area contributed by atoms with Crippen LogP contribution in [0.1, 0.15) is 11.1 Å². The molecule has 0 N–H and O–H groups in total. The van der Waals surface area contributed by atoms with Crippen molar-refractivity contribution in [2.24, 2.45) is 0 Å². The average molecular weight is 309 g/mol.